The minimum Gasteiger partial charge on any atom is -0.481 e. The minimum absolute atomic E-state index is 0.103. The predicted octanol–water partition coefficient (Wildman–Crippen LogP) is 1.86. The van der Waals surface area contributed by atoms with Crippen molar-refractivity contribution in [1.29, 1.82) is 0 Å². The van der Waals surface area contributed by atoms with Gasteiger partial charge in [0.15, 0.2) is 0 Å². The maximum Gasteiger partial charge on any atom is 0.305 e. The number of hydrogen-bond acceptors (Lipinski definition) is 4. The van der Waals surface area contributed by atoms with Crippen LogP contribution in [0.4, 0.5) is 0 Å². The van der Waals surface area contributed by atoms with Crippen molar-refractivity contribution in [2.24, 2.45) is 5.92 Å². The van der Waals surface area contributed by atoms with Crippen LogP contribution in [0.5, 0.6) is 0 Å². The lowest BCUT2D eigenvalue weighted by Crippen LogP contribution is -2.37. The van der Waals surface area contributed by atoms with Gasteiger partial charge < -0.3 is 10.0 Å². The first-order chi connectivity index (χ1) is 12.4. The Kier molecular flexibility index (Phi) is 6.66. The van der Waals surface area contributed by atoms with Crippen molar-refractivity contribution in [3.8, 4) is 0 Å². The number of hydrogen-bond donors (Lipinski definition) is 1. The van der Waals surface area contributed by atoms with E-state index in [0.29, 0.717) is 6.54 Å². The molecular formula is C19H23N3O4. The SMILES string of the molecule is CC(C)CN(CCC(=O)O)C(=O)c1ccc(=O)n(Cc2ccccc2)n1. The fourth-order valence-corrected chi connectivity index (χ4v) is 2.54. The van der Waals surface area contributed by atoms with Crippen molar-refractivity contribution in [1.82, 2.24) is 14.7 Å². The molecule has 2 rings (SSSR count). The van der Waals surface area contributed by atoms with Crippen molar-refractivity contribution < 1.29 is 14.7 Å². The van der Waals surface area contributed by atoms with Crippen LogP contribution >= 0.6 is 0 Å². The average molecular weight is 357 g/mol. The summed E-state index contributed by atoms with van der Waals surface area (Å²) < 4.78 is 1.24. The van der Waals surface area contributed by atoms with Crippen molar-refractivity contribution in [3.63, 3.8) is 0 Å². The second-order valence-electron chi connectivity index (χ2n) is 6.49. The summed E-state index contributed by atoms with van der Waals surface area (Å²) in [6.07, 6.45) is -0.137. The van der Waals surface area contributed by atoms with E-state index >= 15 is 0 Å². The third-order valence-corrected chi connectivity index (χ3v) is 3.73. The maximum atomic E-state index is 12.8. The van der Waals surface area contributed by atoms with Crippen LogP contribution in [0.1, 0.15) is 36.3 Å². The summed E-state index contributed by atoms with van der Waals surface area (Å²) in [5, 5.41) is 13.1. The molecule has 1 aromatic heterocycles. The standard InChI is InChI=1S/C19H23N3O4/c1-14(2)12-21(11-10-18(24)25)19(26)16-8-9-17(23)22(20-16)13-15-6-4-3-5-7-15/h3-9,14H,10-13H2,1-2H3,(H,24,25). The van der Waals surface area contributed by atoms with Gasteiger partial charge in [0.25, 0.3) is 11.5 Å². The number of aromatic nitrogens is 2. The molecule has 1 amide bonds. The van der Waals surface area contributed by atoms with Crippen LogP contribution in [0.25, 0.3) is 0 Å². The molecule has 7 heteroatoms. The van der Waals surface area contributed by atoms with E-state index < -0.39 is 5.97 Å². The molecule has 2 aromatic rings. The van der Waals surface area contributed by atoms with Crippen molar-refractivity contribution in [2.75, 3.05) is 13.1 Å². The van der Waals surface area contributed by atoms with Crippen LogP contribution in [-0.2, 0) is 11.3 Å². The summed E-state index contributed by atoms with van der Waals surface area (Å²) in [5.74, 6) is -1.15. The topological polar surface area (TPSA) is 92.5 Å². The van der Waals surface area contributed by atoms with Crippen molar-refractivity contribution in [3.05, 3.63) is 64.1 Å². The Morgan fingerprint density at radius 2 is 1.85 bits per heavy atom. The molecule has 1 heterocycles. The van der Waals surface area contributed by atoms with Gasteiger partial charge in [-0.3, -0.25) is 14.4 Å². The zero-order chi connectivity index (χ0) is 19.1. The predicted molar refractivity (Wildman–Crippen MR) is 97.0 cm³/mol. The fourth-order valence-electron chi connectivity index (χ4n) is 2.54. The summed E-state index contributed by atoms with van der Waals surface area (Å²) in [5.41, 5.74) is 0.731. The van der Waals surface area contributed by atoms with Crippen LogP contribution in [-0.4, -0.2) is 44.8 Å². The second-order valence-corrected chi connectivity index (χ2v) is 6.49. The number of carbonyl (C=O) groups is 2. The monoisotopic (exact) mass is 357 g/mol. The molecule has 0 fully saturated rings. The molecule has 0 unspecified atom stereocenters. The van der Waals surface area contributed by atoms with E-state index in [1.165, 1.54) is 21.7 Å². The van der Waals surface area contributed by atoms with E-state index in [1.54, 1.807) is 0 Å². The van der Waals surface area contributed by atoms with Gasteiger partial charge in [0.05, 0.1) is 13.0 Å². The Labute approximate surface area is 151 Å². The van der Waals surface area contributed by atoms with Gasteiger partial charge in [-0.1, -0.05) is 44.2 Å². The molecule has 0 atom stereocenters. The van der Waals surface area contributed by atoms with E-state index in [0.717, 1.165) is 5.56 Å². The highest BCUT2D eigenvalue weighted by Gasteiger charge is 2.20. The van der Waals surface area contributed by atoms with Gasteiger partial charge >= 0.3 is 5.97 Å². The van der Waals surface area contributed by atoms with Crippen LogP contribution < -0.4 is 5.56 Å². The Morgan fingerprint density at radius 3 is 2.46 bits per heavy atom. The number of nitrogens with zero attached hydrogens (tertiary/aromatic N) is 3. The minimum atomic E-state index is -0.964. The number of aliphatic carboxylic acids is 1. The van der Waals surface area contributed by atoms with Gasteiger partial charge in [0.1, 0.15) is 5.69 Å². The molecule has 0 spiro atoms. The Hall–Kier alpha value is -2.96. The zero-order valence-electron chi connectivity index (χ0n) is 15.0. The normalized spacial score (nSPS) is 10.7. The highest BCUT2D eigenvalue weighted by atomic mass is 16.4. The number of benzene rings is 1. The summed E-state index contributed by atoms with van der Waals surface area (Å²) in [6, 6.07) is 12.1. The van der Waals surface area contributed by atoms with Crippen LogP contribution in [0, 0.1) is 5.92 Å². The van der Waals surface area contributed by atoms with Gasteiger partial charge in [0.2, 0.25) is 0 Å². The molecule has 7 nitrogen and oxygen atoms in total. The van der Waals surface area contributed by atoms with Crippen LogP contribution in [0.2, 0.25) is 0 Å². The summed E-state index contributed by atoms with van der Waals surface area (Å²) >= 11 is 0. The first-order valence-electron chi connectivity index (χ1n) is 8.50. The highest BCUT2D eigenvalue weighted by molar-refractivity contribution is 5.92. The molecule has 0 radical (unpaired) electrons. The van der Waals surface area contributed by atoms with Crippen LogP contribution in [0.3, 0.4) is 0 Å². The Balaban J connectivity index is 2.24. The Bertz CT molecular complexity index is 815. The highest BCUT2D eigenvalue weighted by Crippen LogP contribution is 2.07. The lowest BCUT2D eigenvalue weighted by Gasteiger charge is -2.23. The van der Waals surface area contributed by atoms with E-state index in [9.17, 15) is 14.4 Å². The molecule has 138 valence electrons. The number of amides is 1. The molecule has 26 heavy (non-hydrogen) atoms. The third-order valence-electron chi connectivity index (χ3n) is 3.73. The second kappa shape index (κ2) is 8.94. The third kappa shape index (κ3) is 5.54. The first-order valence-corrected chi connectivity index (χ1v) is 8.50. The lowest BCUT2D eigenvalue weighted by atomic mass is 10.2. The molecule has 0 aliphatic rings. The van der Waals surface area contributed by atoms with E-state index in [-0.39, 0.29) is 42.6 Å². The lowest BCUT2D eigenvalue weighted by molar-refractivity contribution is -0.137. The van der Waals surface area contributed by atoms with Crippen molar-refractivity contribution >= 4 is 11.9 Å². The van der Waals surface area contributed by atoms with Gasteiger partial charge in [-0.2, -0.15) is 5.10 Å². The van der Waals surface area contributed by atoms with Gasteiger partial charge in [-0.05, 0) is 17.5 Å². The zero-order valence-corrected chi connectivity index (χ0v) is 15.0. The quantitative estimate of drug-likeness (QED) is 0.778. The molecule has 1 N–H and O–H groups in total. The van der Waals surface area contributed by atoms with E-state index in [4.69, 9.17) is 5.11 Å². The number of carbonyl (C=O) groups excluding carboxylic acids is 1. The number of carboxylic acids is 1. The number of carboxylic acid groups (broad SMARTS) is 1. The Morgan fingerprint density at radius 1 is 1.15 bits per heavy atom. The van der Waals surface area contributed by atoms with Crippen molar-refractivity contribution in [2.45, 2.75) is 26.8 Å². The molecule has 0 saturated carbocycles. The van der Waals surface area contributed by atoms with Crippen LogP contribution in [0.15, 0.2) is 47.3 Å². The molecule has 0 aliphatic carbocycles. The van der Waals surface area contributed by atoms with Gasteiger partial charge in [-0.25, -0.2) is 4.68 Å². The van der Waals surface area contributed by atoms with Gasteiger partial charge in [-0.15, -0.1) is 0 Å². The van der Waals surface area contributed by atoms with E-state index in [1.807, 2.05) is 44.2 Å². The summed E-state index contributed by atoms with van der Waals surface area (Å²) in [6.45, 7) is 4.69. The molecule has 0 bridgehead atoms. The van der Waals surface area contributed by atoms with E-state index in [2.05, 4.69) is 5.10 Å². The van der Waals surface area contributed by atoms with Gasteiger partial charge in [0, 0.05) is 19.2 Å². The average Bonchev–Trinajstić information content (AvgIpc) is 2.60. The first kappa shape index (κ1) is 19.4. The smallest absolute Gasteiger partial charge is 0.305 e. The molecule has 1 aromatic carbocycles. The summed E-state index contributed by atoms with van der Waals surface area (Å²) in [7, 11) is 0. The largest absolute Gasteiger partial charge is 0.481 e. The molecule has 0 saturated heterocycles. The maximum absolute atomic E-state index is 12.8. The number of rotatable bonds is 8. The molecular weight excluding hydrogens is 334 g/mol. The molecule has 0 aliphatic heterocycles. The fraction of sp³-hybridized carbons (Fsp3) is 0.368. The summed E-state index contributed by atoms with van der Waals surface area (Å²) in [4.78, 5) is 37.1.